The molecule has 0 aromatic heterocycles. The first-order valence-electron chi connectivity index (χ1n) is 8.45. The molecule has 0 aliphatic carbocycles. The molecule has 0 radical (unpaired) electrons. The highest BCUT2D eigenvalue weighted by molar-refractivity contribution is 7.99. The zero-order valence-corrected chi connectivity index (χ0v) is 15.8. The van der Waals surface area contributed by atoms with Crippen molar-refractivity contribution in [3.63, 3.8) is 0 Å². The highest BCUT2D eigenvalue weighted by Crippen LogP contribution is 2.20. The molecule has 2 rings (SSSR count). The lowest BCUT2D eigenvalue weighted by Gasteiger charge is -2.28. The quantitative estimate of drug-likeness (QED) is 0.720. The van der Waals surface area contributed by atoms with Gasteiger partial charge in [-0.25, -0.2) is 4.39 Å². The predicted octanol–water partition coefficient (Wildman–Crippen LogP) is 3.47. The summed E-state index contributed by atoms with van der Waals surface area (Å²) in [5.74, 6) is -0.233. The largest absolute Gasteiger partial charge is 0.357 e. The molecule has 1 atom stereocenters. The third kappa shape index (κ3) is 5.59. The summed E-state index contributed by atoms with van der Waals surface area (Å²) in [5.41, 5.74) is 0.396. The van der Waals surface area contributed by atoms with Gasteiger partial charge in [0, 0.05) is 36.2 Å². The van der Waals surface area contributed by atoms with Crippen LogP contribution < -0.4 is 5.32 Å². The molecule has 26 heavy (non-hydrogen) atoms. The van der Waals surface area contributed by atoms with Crippen LogP contribution in [0.5, 0.6) is 0 Å². The highest BCUT2D eigenvalue weighted by Gasteiger charge is 2.25. The van der Waals surface area contributed by atoms with E-state index in [1.54, 1.807) is 36.9 Å². The van der Waals surface area contributed by atoms with Crippen LogP contribution in [-0.4, -0.2) is 35.6 Å². The van der Waals surface area contributed by atoms with Crippen molar-refractivity contribution in [3.8, 4) is 0 Å². The lowest BCUT2D eigenvalue weighted by molar-refractivity contribution is -0.140. The standard InChI is InChI=1S/C20H23FN2O2S/c1-15(20(25)22-2)23(14-16-8-6-7-11-18(16)21)19(24)12-13-26-17-9-4-3-5-10-17/h3-11,15H,12-14H2,1-2H3,(H,22,25)/t15-/m1/s1. The molecule has 2 aromatic carbocycles. The Morgan fingerprint density at radius 1 is 1.12 bits per heavy atom. The number of benzene rings is 2. The van der Waals surface area contributed by atoms with Crippen LogP contribution in [0.25, 0.3) is 0 Å². The first-order valence-corrected chi connectivity index (χ1v) is 9.43. The van der Waals surface area contributed by atoms with Gasteiger partial charge in [0.1, 0.15) is 11.9 Å². The summed E-state index contributed by atoms with van der Waals surface area (Å²) in [7, 11) is 1.52. The molecule has 138 valence electrons. The van der Waals surface area contributed by atoms with Crippen LogP contribution in [0.4, 0.5) is 4.39 Å². The van der Waals surface area contributed by atoms with Gasteiger partial charge in [-0.1, -0.05) is 36.4 Å². The molecule has 0 saturated carbocycles. The minimum absolute atomic E-state index is 0.0656. The van der Waals surface area contributed by atoms with E-state index in [4.69, 9.17) is 0 Å². The molecule has 0 spiro atoms. The van der Waals surface area contributed by atoms with Gasteiger partial charge < -0.3 is 10.2 Å². The van der Waals surface area contributed by atoms with E-state index in [9.17, 15) is 14.0 Å². The number of carbonyl (C=O) groups excluding carboxylic acids is 2. The van der Waals surface area contributed by atoms with Crippen LogP contribution in [0.15, 0.2) is 59.5 Å². The van der Waals surface area contributed by atoms with Crippen LogP contribution in [0, 0.1) is 5.82 Å². The van der Waals surface area contributed by atoms with Crippen molar-refractivity contribution in [3.05, 3.63) is 66.0 Å². The second-order valence-electron chi connectivity index (χ2n) is 5.81. The maximum atomic E-state index is 14.0. The Hall–Kier alpha value is -2.34. The van der Waals surface area contributed by atoms with Gasteiger partial charge in [0.15, 0.2) is 0 Å². The van der Waals surface area contributed by atoms with Gasteiger partial charge in [-0.3, -0.25) is 9.59 Å². The van der Waals surface area contributed by atoms with Gasteiger partial charge in [-0.15, -0.1) is 11.8 Å². The van der Waals surface area contributed by atoms with Crippen molar-refractivity contribution in [2.45, 2.75) is 30.8 Å². The third-order valence-electron chi connectivity index (χ3n) is 4.04. The molecule has 0 aliphatic rings. The Balaban J connectivity index is 2.05. The van der Waals surface area contributed by atoms with Crippen molar-refractivity contribution < 1.29 is 14.0 Å². The molecule has 4 nitrogen and oxygen atoms in total. The summed E-state index contributed by atoms with van der Waals surface area (Å²) in [6.07, 6.45) is 0.273. The number of halogens is 1. The molecule has 0 fully saturated rings. The number of thioether (sulfide) groups is 1. The van der Waals surface area contributed by atoms with Crippen molar-refractivity contribution in [1.29, 1.82) is 0 Å². The smallest absolute Gasteiger partial charge is 0.242 e. The van der Waals surface area contributed by atoms with E-state index in [0.717, 1.165) is 4.90 Å². The molecule has 0 bridgehead atoms. The predicted molar refractivity (Wildman–Crippen MR) is 102 cm³/mol. The summed E-state index contributed by atoms with van der Waals surface area (Å²) >= 11 is 1.58. The third-order valence-corrected chi connectivity index (χ3v) is 5.05. The Labute approximate surface area is 157 Å². The molecule has 0 aliphatic heterocycles. The van der Waals surface area contributed by atoms with E-state index in [2.05, 4.69) is 5.32 Å². The fourth-order valence-corrected chi connectivity index (χ4v) is 3.38. The normalized spacial score (nSPS) is 11.7. The molecule has 6 heteroatoms. The Kier molecular flexibility index (Phi) is 7.66. The number of carbonyl (C=O) groups is 2. The second-order valence-corrected chi connectivity index (χ2v) is 6.98. The number of hydrogen-bond donors (Lipinski definition) is 1. The summed E-state index contributed by atoms with van der Waals surface area (Å²) in [4.78, 5) is 27.3. The Morgan fingerprint density at radius 3 is 2.42 bits per heavy atom. The van der Waals surface area contributed by atoms with Gasteiger partial charge in [-0.05, 0) is 25.1 Å². The average molecular weight is 374 g/mol. The van der Waals surface area contributed by atoms with Crippen LogP contribution in [0.2, 0.25) is 0 Å². The number of likely N-dealkylation sites (N-methyl/N-ethyl adjacent to an activating group) is 1. The summed E-state index contributed by atoms with van der Waals surface area (Å²) in [6.45, 7) is 1.72. The summed E-state index contributed by atoms with van der Waals surface area (Å²) < 4.78 is 14.0. The number of hydrogen-bond acceptors (Lipinski definition) is 3. The Bertz CT molecular complexity index is 740. The van der Waals surface area contributed by atoms with Crippen molar-refractivity contribution in [2.75, 3.05) is 12.8 Å². The van der Waals surface area contributed by atoms with E-state index >= 15 is 0 Å². The monoisotopic (exact) mass is 374 g/mol. The first-order chi connectivity index (χ1) is 12.5. The fraction of sp³-hybridized carbons (Fsp3) is 0.300. The summed E-state index contributed by atoms with van der Waals surface area (Å²) in [5, 5.41) is 2.55. The minimum Gasteiger partial charge on any atom is -0.357 e. The van der Waals surface area contributed by atoms with Crippen LogP contribution in [-0.2, 0) is 16.1 Å². The Morgan fingerprint density at radius 2 is 1.77 bits per heavy atom. The number of amides is 2. The SMILES string of the molecule is CNC(=O)[C@@H](C)N(Cc1ccccc1F)C(=O)CCSc1ccccc1. The van der Waals surface area contributed by atoms with E-state index in [-0.39, 0.29) is 30.6 Å². The topological polar surface area (TPSA) is 49.4 Å². The van der Waals surface area contributed by atoms with Crippen LogP contribution in [0.3, 0.4) is 0 Å². The number of rotatable bonds is 8. The van der Waals surface area contributed by atoms with Crippen molar-refractivity contribution in [1.82, 2.24) is 10.2 Å². The lowest BCUT2D eigenvalue weighted by Crippen LogP contribution is -2.46. The molecule has 0 heterocycles. The average Bonchev–Trinajstić information content (AvgIpc) is 2.67. The second kappa shape index (κ2) is 9.97. The van der Waals surface area contributed by atoms with Crippen LogP contribution in [0.1, 0.15) is 18.9 Å². The van der Waals surface area contributed by atoms with E-state index < -0.39 is 6.04 Å². The summed E-state index contributed by atoms with van der Waals surface area (Å²) in [6, 6.07) is 15.4. The van der Waals surface area contributed by atoms with Crippen molar-refractivity contribution >= 4 is 23.6 Å². The zero-order chi connectivity index (χ0) is 18.9. The fourth-order valence-electron chi connectivity index (χ4n) is 2.52. The van der Waals surface area contributed by atoms with Gasteiger partial charge in [-0.2, -0.15) is 0 Å². The van der Waals surface area contributed by atoms with E-state index in [1.165, 1.54) is 18.0 Å². The van der Waals surface area contributed by atoms with Crippen molar-refractivity contribution in [2.24, 2.45) is 0 Å². The van der Waals surface area contributed by atoms with E-state index in [1.807, 2.05) is 30.3 Å². The van der Waals surface area contributed by atoms with Crippen LogP contribution >= 0.6 is 11.8 Å². The number of nitrogens with one attached hydrogen (secondary N) is 1. The molecular weight excluding hydrogens is 351 g/mol. The van der Waals surface area contributed by atoms with Gasteiger partial charge in [0.05, 0.1) is 0 Å². The number of nitrogens with zero attached hydrogens (tertiary/aromatic N) is 1. The van der Waals surface area contributed by atoms with Gasteiger partial charge in [0.25, 0.3) is 0 Å². The molecule has 2 aromatic rings. The maximum Gasteiger partial charge on any atom is 0.242 e. The lowest BCUT2D eigenvalue weighted by atomic mass is 10.1. The van der Waals surface area contributed by atoms with Gasteiger partial charge in [0.2, 0.25) is 11.8 Å². The zero-order valence-electron chi connectivity index (χ0n) is 14.9. The van der Waals surface area contributed by atoms with Gasteiger partial charge >= 0.3 is 0 Å². The molecule has 0 saturated heterocycles. The maximum absolute atomic E-state index is 14.0. The first kappa shape index (κ1) is 20.0. The highest BCUT2D eigenvalue weighted by atomic mass is 32.2. The minimum atomic E-state index is -0.672. The molecule has 1 N–H and O–H groups in total. The molecule has 2 amide bonds. The molecular formula is C20H23FN2O2S. The van der Waals surface area contributed by atoms with E-state index in [0.29, 0.717) is 11.3 Å². The molecule has 0 unspecified atom stereocenters.